The smallest absolute Gasteiger partial charge is 0.122 e. The second-order valence-electron chi connectivity index (χ2n) is 7.21. The van der Waals surface area contributed by atoms with Crippen LogP contribution in [0.4, 0.5) is 0 Å². The molecular weight excluding hydrogens is 262 g/mol. The summed E-state index contributed by atoms with van der Waals surface area (Å²) in [4.78, 5) is 0. The van der Waals surface area contributed by atoms with Gasteiger partial charge in [-0.1, -0.05) is 6.42 Å². The van der Waals surface area contributed by atoms with Crippen LogP contribution in [-0.4, -0.2) is 14.2 Å². The Morgan fingerprint density at radius 2 is 1.71 bits per heavy atom. The molecular formula is C18H25NO2. The normalized spacial score (nSPS) is 40.3. The van der Waals surface area contributed by atoms with E-state index in [-0.39, 0.29) is 5.54 Å². The van der Waals surface area contributed by atoms with Crippen molar-refractivity contribution >= 4 is 0 Å². The van der Waals surface area contributed by atoms with Gasteiger partial charge in [-0.15, -0.1) is 0 Å². The highest BCUT2D eigenvalue weighted by molar-refractivity contribution is 5.43. The third-order valence-electron chi connectivity index (χ3n) is 6.45. The van der Waals surface area contributed by atoms with E-state index in [1.807, 2.05) is 6.07 Å². The van der Waals surface area contributed by atoms with E-state index in [2.05, 4.69) is 12.1 Å². The molecule has 3 nitrogen and oxygen atoms in total. The minimum atomic E-state index is -0.183. The van der Waals surface area contributed by atoms with Gasteiger partial charge in [0, 0.05) is 11.6 Å². The lowest BCUT2D eigenvalue weighted by atomic mass is 9.68. The lowest BCUT2D eigenvalue weighted by Gasteiger charge is -2.40. The molecule has 5 atom stereocenters. The van der Waals surface area contributed by atoms with E-state index in [1.165, 1.54) is 31.2 Å². The number of rotatable bonds is 3. The third-order valence-corrected chi connectivity index (χ3v) is 6.45. The molecule has 0 aromatic heterocycles. The monoisotopic (exact) mass is 287 g/mol. The van der Waals surface area contributed by atoms with Crippen molar-refractivity contribution in [1.82, 2.24) is 0 Å². The summed E-state index contributed by atoms with van der Waals surface area (Å²) < 4.78 is 10.9. The predicted octanol–water partition coefficient (Wildman–Crippen LogP) is 3.31. The quantitative estimate of drug-likeness (QED) is 0.927. The van der Waals surface area contributed by atoms with E-state index in [0.29, 0.717) is 5.92 Å². The molecule has 0 saturated heterocycles. The fourth-order valence-electron chi connectivity index (χ4n) is 5.60. The van der Waals surface area contributed by atoms with Crippen molar-refractivity contribution in [3.05, 3.63) is 23.8 Å². The first-order chi connectivity index (χ1) is 10.2. The van der Waals surface area contributed by atoms with E-state index in [4.69, 9.17) is 15.2 Å². The van der Waals surface area contributed by atoms with Crippen molar-refractivity contribution in [3.63, 3.8) is 0 Å². The zero-order valence-corrected chi connectivity index (χ0v) is 13.0. The Kier molecular flexibility index (Phi) is 2.97. The summed E-state index contributed by atoms with van der Waals surface area (Å²) >= 11 is 0. The van der Waals surface area contributed by atoms with Crippen LogP contribution in [0.25, 0.3) is 0 Å². The summed E-state index contributed by atoms with van der Waals surface area (Å²) in [5.74, 6) is 4.99. The Balaban J connectivity index is 1.73. The molecule has 0 radical (unpaired) electrons. The van der Waals surface area contributed by atoms with Gasteiger partial charge in [-0.25, -0.2) is 0 Å². The first-order valence-corrected chi connectivity index (χ1v) is 8.18. The Morgan fingerprint density at radius 3 is 2.38 bits per heavy atom. The van der Waals surface area contributed by atoms with Crippen LogP contribution in [0.5, 0.6) is 11.5 Å². The van der Waals surface area contributed by atoms with Gasteiger partial charge in [0.1, 0.15) is 11.5 Å². The van der Waals surface area contributed by atoms with E-state index >= 15 is 0 Å². The summed E-state index contributed by atoms with van der Waals surface area (Å²) in [5.41, 5.74) is 7.98. The molecule has 114 valence electrons. The van der Waals surface area contributed by atoms with E-state index in [0.717, 1.165) is 35.7 Å². The molecule has 0 amide bonds. The number of ether oxygens (including phenoxy) is 2. The number of hydrogen-bond donors (Lipinski definition) is 1. The van der Waals surface area contributed by atoms with Crippen LogP contribution in [0.2, 0.25) is 0 Å². The second kappa shape index (κ2) is 4.64. The Morgan fingerprint density at radius 1 is 1.05 bits per heavy atom. The lowest BCUT2D eigenvalue weighted by Crippen LogP contribution is -2.46. The van der Waals surface area contributed by atoms with Crippen molar-refractivity contribution in [2.75, 3.05) is 14.2 Å². The maximum atomic E-state index is 6.96. The second-order valence-corrected chi connectivity index (χ2v) is 7.21. The highest BCUT2D eigenvalue weighted by Crippen LogP contribution is 2.64. The van der Waals surface area contributed by atoms with E-state index < -0.39 is 0 Å². The molecule has 21 heavy (non-hydrogen) atoms. The van der Waals surface area contributed by atoms with Crippen molar-refractivity contribution in [3.8, 4) is 11.5 Å². The minimum Gasteiger partial charge on any atom is -0.497 e. The van der Waals surface area contributed by atoms with Crippen LogP contribution in [0, 0.1) is 23.7 Å². The Hall–Kier alpha value is -1.22. The maximum absolute atomic E-state index is 6.96. The van der Waals surface area contributed by atoms with Crippen molar-refractivity contribution in [2.45, 2.75) is 37.6 Å². The Bertz CT molecular complexity index is 536. The van der Waals surface area contributed by atoms with Gasteiger partial charge >= 0.3 is 0 Å². The highest BCUT2D eigenvalue weighted by atomic mass is 16.5. The van der Waals surface area contributed by atoms with Gasteiger partial charge in [-0.05, 0) is 67.1 Å². The highest BCUT2D eigenvalue weighted by Gasteiger charge is 2.59. The fraction of sp³-hybridized carbons (Fsp3) is 0.667. The number of methoxy groups -OCH3 is 2. The van der Waals surface area contributed by atoms with Crippen LogP contribution in [-0.2, 0) is 5.54 Å². The zero-order chi connectivity index (χ0) is 14.6. The number of hydrogen-bond acceptors (Lipinski definition) is 3. The minimum absolute atomic E-state index is 0.183. The molecule has 3 aliphatic rings. The van der Waals surface area contributed by atoms with Gasteiger partial charge in [0.2, 0.25) is 0 Å². The molecule has 0 heterocycles. The zero-order valence-electron chi connectivity index (χ0n) is 13.0. The van der Waals surface area contributed by atoms with Crippen molar-refractivity contribution in [1.29, 1.82) is 0 Å². The number of fused-ring (bicyclic) bond motifs is 5. The van der Waals surface area contributed by atoms with Crippen LogP contribution < -0.4 is 15.2 Å². The summed E-state index contributed by atoms with van der Waals surface area (Å²) in [6.07, 6.45) is 6.68. The summed E-state index contributed by atoms with van der Waals surface area (Å²) in [5, 5.41) is 0. The summed E-state index contributed by atoms with van der Waals surface area (Å²) in [7, 11) is 3.41. The first-order valence-electron chi connectivity index (χ1n) is 8.18. The molecule has 3 aliphatic carbocycles. The van der Waals surface area contributed by atoms with Crippen LogP contribution in [0.1, 0.15) is 37.7 Å². The maximum Gasteiger partial charge on any atom is 0.122 e. The van der Waals surface area contributed by atoms with E-state index in [9.17, 15) is 0 Å². The standard InChI is InChI=1S/C18H25NO2/c1-20-13-7-12(8-14(9-13)21-2)18(19)10-11-6-17(18)16-5-3-4-15(11)16/h7-9,11,15-17H,3-6,10,19H2,1-2H3. The van der Waals surface area contributed by atoms with Crippen LogP contribution >= 0.6 is 0 Å². The number of benzene rings is 1. The van der Waals surface area contributed by atoms with Gasteiger partial charge in [-0.2, -0.15) is 0 Å². The number of nitrogens with two attached hydrogens (primary N) is 1. The third kappa shape index (κ3) is 1.83. The molecule has 4 rings (SSSR count). The molecule has 2 N–H and O–H groups in total. The molecule has 1 aromatic rings. The molecule has 0 aliphatic heterocycles. The van der Waals surface area contributed by atoms with Gasteiger partial charge in [-0.3, -0.25) is 0 Å². The van der Waals surface area contributed by atoms with Crippen LogP contribution in [0.3, 0.4) is 0 Å². The van der Waals surface area contributed by atoms with Gasteiger partial charge in [0.25, 0.3) is 0 Å². The molecule has 3 saturated carbocycles. The largest absolute Gasteiger partial charge is 0.497 e. The predicted molar refractivity (Wildman–Crippen MR) is 82.5 cm³/mol. The average Bonchev–Trinajstić information content (AvgIpc) is 3.18. The molecule has 3 fully saturated rings. The van der Waals surface area contributed by atoms with Crippen molar-refractivity contribution in [2.24, 2.45) is 29.4 Å². The first kappa shape index (κ1) is 13.4. The Labute approximate surface area is 126 Å². The molecule has 1 aromatic carbocycles. The average molecular weight is 287 g/mol. The fourth-order valence-corrected chi connectivity index (χ4v) is 5.60. The van der Waals surface area contributed by atoms with Crippen LogP contribution in [0.15, 0.2) is 18.2 Å². The van der Waals surface area contributed by atoms with Gasteiger partial charge in [0.15, 0.2) is 0 Å². The van der Waals surface area contributed by atoms with E-state index in [1.54, 1.807) is 14.2 Å². The van der Waals surface area contributed by atoms with Crippen molar-refractivity contribution < 1.29 is 9.47 Å². The molecule has 2 bridgehead atoms. The molecule has 5 unspecified atom stereocenters. The SMILES string of the molecule is COc1cc(OC)cc(C2(N)CC3CC2C2CCCC32)c1. The molecule has 3 heteroatoms. The topological polar surface area (TPSA) is 44.5 Å². The molecule has 0 spiro atoms. The summed E-state index contributed by atoms with van der Waals surface area (Å²) in [6.45, 7) is 0. The van der Waals surface area contributed by atoms with Gasteiger partial charge < -0.3 is 15.2 Å². The van der Waals surface area contributed by atoms with Gasteiger partial charge in [0.05, 0.1) is 14.2 Å². The summed E-state index contributed by atoms with van der Waals surface area (Å²) in [6, 6.07) is 6.17. The lowest BCUT2D eigenvalue weighted by molar-refractivity contribution is 0.156.